The molecule has 0 unspecified atom stereocenters. The molecule has 2 aromatic rings. The molecule has 0 spiro atoms. The van der Waals surface area contributed by atoms with Crippen LogP contribution in [0.4, 0.5) is 5.69 Å². The fourth-order valence-corrected chi connectivity index (χ4v) is 1.70. The highest BCUT2D eigenvalue weighted by atomic mass is 32.1. The van der Waals surface area contributed by atoms with Crippen molar-refractivity contribution >= 4 is 22.9 Å². The molecule has 0 atom stereocenters. The van der Waals surface area contributed by atoms with Gasteiger partial charge in [-0.2, -0.15) is 0 Å². The Bertz CT molecular complexity index is 511. The first-order chi connectivity index (χ1) is 8.27. The summed E-state index contributed by atoms with van der Waals surface area (Å²) in [7, 11) is 0. The Morgan fingerprint density at radius 2 is 1.94 bits per heavy atom. The summed E-state index contributed by atoms with van der Waals surface area (Å²) in [5.41, 5.74) is 8.31. The van der Waals surface area contributed by atoms with E-state index in [9.17, 15) is 0 Å². The molecule has 4 heteroatoms. The molecule has 0 radical (unpaired) electrons. The highest BCUT2D eigenvalue weighted by Crippen LogP contribution is 2.13. The maximum absolute atomic E-state index is 5.61. The van der Waals surface area contributed by atoms with Crippen LogP contribution >= 0.6 is 12.2 Å². The first-order valence-corrected chi connectivity index (χ1v) is 5.71. The fraction of sp³-hybridized carbons (Fsp3) is 0.0769. The number of benzene rings is 1. The molecule has 0 saturated carbocycles. The number of nitrogens with two attached hydrogens (primary N) is 1. The first-order valence-electron chi connectivity index (χ1n) is 5.30. The summed E-state index contributed by atoms with van der Waals surface area (Å²) in [6.45, 7) is 0.724. The minimum Gasteiger partial charge on any atom is -0.388 e. The number of nitrogens with zero attached hydrogens (tertiary/aromatic N) is 1. The van der Waals surface area contributed by atoms with Gasteiger partial charge in [-0.3, -0.25) is 4.98 Å². The number of anilines is 1. The van der Waals surface area contributed by atoms with Crippen LogP contribution in [0.3, 0.4) is 0 Å². The molecule has 3 N–H and O–H groups in total. The van der Waals surface area contributed by atoms with Gasteiger partial charge >= 0.3 is 0 Å². The fourth-order valence-electron chi connectivity index (χ4n) is 1.54. The zero-order chi connectivity index (χ0) is 12.1. The third kappa shape index (κ3) is 3.01. The van der Waals surface area contributed by atoms with E-state index in [1.165, 1.54) is 5.56 Å². The number of aromatic nitrogens is 1. The summed E-state index contributed by atoms with van der Waals surface area (Å²) in [6, 6.07) is 13.9. The highest BCUT2D eigenvalue weighted by molar-refractivity contribution is 7.80. The van der Waals surface area contributed by atoms with Gasteiger partial charge in [-0.15, -0.1) is 0 Å². The topological polar surface area (TPSA) is 50.9 Å². The average Bonchev–Trinajstić information content (AvgIpc) is 2.38. The molecular formula is C13H13N3S. The number of nitrogens with one attached hydrogen (secondary N) is 1. The Labute approximate surface area is 106 Å². The Kier molecular flexibility index (Phi) is 3.67. The van der Waals surface area contributed by atoms with Gasteiger partial charge in [0.05, 0.1) is 5.69 Å². The lowest BCUT2D eigenvalue weighted by Crippen LogP contribution is -2.15. The van der Waals surface area contributed by atoms with E-state index >= 15 is 0 Å². The summed E-state index contributed by atoms with van der Waals surface area (Å²) in [5, 5.41) is 3.28. The van der Waals surface area contributed by atoms with E-state index in [1.807, 2.05) is 30.3 Å². The molecule has 1 aromatic heterocycles. The molecule has 17 heavy (non-hydrogen) atoms. The zero-order valence-electron chi connectivity index (χ0n) is 9.26. The van der Waals surface area contributed by atoms with Crippen molar-refractivity contribution < 1.29 is 0 Å². The molecule has 0 saturated heterocycles. The molecule has 0 bridgehead atoms. The molecular weight excluding hydrogens is 230 g/mol. The number of rotatable bonds is 4. The minimum absolute atomic E-state index is 0.307. The van der Waals surface area contributed by atoms with Crippen LogP contribution in [-0.2, 0) is 6.54 Å². The maximum Gasteiger partial charge on any atom is 0.124 e. The molecule has 1 aromatic carbocycles. The van der Waals surface area contributed by atoms with Gasteiger partial charge in [-0.1, -0.05) is 42.5 Å². The summed E-state index contributed by atoms with van der Waals surface area (Å²) in [5.74, 6) is 0. The minimum atomic E-state index is 0.307. The summed E-state index contributed by atoms with van der Waals surface area (Å²) in [4.78, 5) is 4.47. The normalized spacial score (nSPS) is 9.88. The lowest BCUT2D eigenvalue weighted by molar-refractivity contribution is 1.13. The smallest absolute Gasteiger partial charge is 0.124 e. The van der Waals surface area contributed by atoms with Crippen molar-refractivity contribution in [2.75, 3.05) is 5.32 Å². The Hall–Kier alpha value is -1.94. The molecule has 0 amide bonds. The Balaban J connectivity index is 2.12. The Morgan fingerprint density at radius 1 is 1.18 bits per heavy atom. The highest BCUT2D eigenvalue weighted by Gasteiger charge is 2.04. The van der Waals surface area contributed by atoms with Crippen LogP contribution in [0.15, 0.2) is 48.7 Å². The van der Waals surface area contributed by atoms with Gasteiger partial charge in [-0.05, 0) is 17.7 Å². The van der Waals surface area contributed by atoms with Crippen molar-refractivity contribution in [2.24, 2.45) is 5.73 Å². The lowest BCUT2D eigenvalue weighted by atomic mass is 10.2. The predicted octanol–water partition coefficient (Wildman–Crippen LogP) is 2.33. The van der Waals surface area contributed by atoms with Gasteiger partial charge in [0.25, 0.3) is 0 Å². The van der Waals surface area contributed by atoms with Gasteiger partial charge in [-0.25, -0.2) is 0 Å². The second-order valence-electron chi connectivity index (χ2n) is 3.60. The van der Waals surface area contributed by atoms with Crippen LogP contribution in [0.2, 0.25) is 0 Å². The molecule has 0 aliphatic carbocycles. The zero-order valence-corrected chi connectivity index (χ0v) is 10.1. The third-order valence-corrected chi connectivity index (χ3v) is 2.56. The van der Waals surface area contributed by atoms with Crippen LogP contribution in [0.1, 0.15) is 11.3 Å². The molecule has 3 nitrogen and oxygen atoms in total. The molecule has 2 rings (SSSR count). The number of hydrogen-bond donors (Lipinski definition) is 2. The molecule has 0 fully saturated rings. The van der Waals surface area contributed by atoms with Gasteiger partial charge in [0.2, 0.25) is 0 Å². The predicted molar refractivity (Wildman–Crippen MR) is 73.9 cm³/mol. The van der Waals surface area contributed by atoms with E-state index in [0.29, 0.717) is 10.7 Å². The SMILES string of the molecule is NC(=S)c1ncccc1NCc1ccccc1. The molecule has 86 valence electrons. The second-order valence-corrected chi connectivity index (χ2v) is 4.04. The Morgan fingerprint density at radius 3 is 2.65 bits per heavy atom. The molecule has 1 heterocycles. The summed E-state index contributed by atoms with van der Waals surface area (Å²) >= 11 is 4.96. The van der Waals surface area contributed by atoms with Gasteiger partial charge in [0, 0.05) is 12.7 Å². The second kappa shape index (κ2) is 5.41. The van der Waals surface area contributed by atoms with Crippen LogP contribution < -0.4 is 11.1 Å². The number of hydrogen-bond acceptors (Lipinski definition) is 3. The quantitative estimate of drug-likeness (QED) is 0.809. The van der Waals surface area contributed by atoms with Crippen molar-refractivity contribution in [3.05, 3.63) is 59.9 Å². The van der Waals surface area contributed by atoms with E-state index < -0.39 is 0 Å². The van der Waals surface area contributed by atoms with Crippen molar-refractivity contribution in [3.8, 4) is 0 Å². The third-order valence-electron chi connectivity index (χ3n) is 2.37. The van der Waals surface area contributed by atoms with Crippen molar-refractivity contribution in [2.45, 2.75) is 6.54 Å². The largest absolute Gasteiger partial charge is 0.388 e. The van der Waals surface area contributed by atoms with E-state index in [1.54, 1.807) is 6.20 Å². The lowest BCUT2D eigenvalue weighted by Gasteiger charge is -2.09. The average molecular weight is 243 g/mol. The van der Waals surface area contributed by atoms with Crippen LogP contribution in [0, 0.1) is 0 Å². The van der Waals surface area contributed by atoms with Crippen LogP contribution in [0.5, 0.6) is 0 Å². The van der Waals surface area contributed by atoms with Crippen LogP contribution in [0.25, 0.3) is 0 Å². The number of pyridine rings is 1. The van der Waals surface area contributed by atoms with E-state index in [0.717, 1.165) is 12.2 Å². The molecule has 0 aliphatic rings. The number of thiocarbonyl (C=S) groups is 1. The summed E-state index contributed by atoms with van der Waals surface area (Å²) < 4.78 is 0. The van der Waals surface area contributed by atoms with Crippen molar-refractivity contribution in [1.82, 2.24) is 4.98 Å². The van der Waals surface area contributed by atoms with E-state index in [-0.39, 0.29) is 0 Å². The van der Waals surface area contributed by atoms with E-state index in [4.69, 9.17) is 18.0 Å². The standard InChI is InChI=1S/C13H13N3S/c14-13(17)12-11(7-4-8-15-12)16-9-10-5-2-1-3-6-10/h1-8,16H,9H2,(H2,14,17). The molecule has 0 aliphatic heterocycles. The first kappa shape index (κ1) is 11.5. The van der Waals surface area contributed by atoms with Gasteiger partial charge in [0.15, 0.2) is 0 Å². The summed E-state index contributed by atoms with van der Waals surface area (Å²) in [6.07, 6.45) is 1.68. The van der Waals surface area contributed by atoms with Crippen molar-refractivity contribution in [1.29, 1.82) is 0 Å². The van der Waals surface area contributed by atoms with E-state index in [2.05, 4.69) is 22.4 Å². The maximum atomic E-state index is 5.61. The van der Waals surface area contributed by atoms with Gasteiger partial charge < -0.3 is 11.1 Å². The van der Waals surface area contributed by atoms with Crippen LogP contribution in [-0.4, -0.2) is 9.97 Å². The van der Waals surface area contributed by atoms with Gasteiger partial charge in [0.1, 0.15) is 10.7 Å². The van der Waals surface area contributed by atoms with Crippen molar-refractivity contribution in [3.63, 3.8) is 0 Å². The monoisotopic (exact) mass is 243 g/mol.